The van der Waals surface area contributed by atoms with Crippen LogP contribution in [0.3, 0.4) is 0 Å². The van der Waals surface area contributed by atoms with Gasteiger partial charge in [0.05, 0.1) is 12.8 Å². The molecular weight excluding hydrogens is 250 g/mol. The highest BCUT2D eigenvalue weighted by atomic mass is 16.5. The minimum absolute atomic E-state index is 0.363. The van der Waals surface area contributed by atoms with Gasteiger partial charge in [-0.05, 0) is 36.6 Å². The van der Waals surface area contributed by atoms with E-state index in [0.717, 1.165) is 28.4 Å². The number of nitriles is 1. The van der Waals surface area contributed by atoms with Crippen molar-refractivity contribution in [2.75, 3.05) is 7.11 Å². The minimum atomic E-state index is 0.363. The lowest BCUT2D eigenvalue weighted by Gasteiger charge is -2.13. The van der Waals surface area contributed by atoms with Gasteiger partial charge in [-0.15, -0.1) is 0 Å². The van der Waals surface area contributed by atoms with Crippen molar-refractivity contribution in [1.82, 2.24) is 9.55 Å². The van der Waals surface area contributed by atoms with E-state index in [-0.39, 0.29) is 0 Å². The van der Waals surface area contributed by atoms with Crippen molar-refractivity contribution in [2.45, 2.75) is 26.7 Å². The topological polar surface area (TPSA) is 50.8 Å². The van der Waals surface area contributed by atoms with E-state index in [1.165, 1.54) is 0 Å². The van der Waals surface area contributed by atoms with Gasteiger partial charge in [-0.25, -0.2) is 4.98 Å². The van der Waals surface area contributed by atoms with E-state index >= 15 is 0 Å². The highest BCUT2D eigenvalue weighted by molar-refractivity contribution is 5.61. The van der Waals surface area contributed by atoms with E-state index in [4.69, 9.17) is 10.00 Å². The lowest BCUT2D eigenvalue weighted by Crippen LogP contribution is -1.98. The molecule has 1 heterocycles. The number of rotatable bonds is 3. The predicted octanol–water partition coefficient (Wildman–Crippen LogP) is 3.40. The second kappa shape index (κ2) is 5.38. The first-order valence-electron chi connectivity index (χ1n) is 6.61. The van der Waals surface area contributed by atoms with Crippen molar-refractivity contribution in [3.8, 4) is 23.2 Å². The molecule has 0 bridgehead atoms. The van der Waals surface area contributed by atoms with Crippen LogP contribution >= 0.6 is 0 Å². The van der Waals surface area contributed by atoms with Gasteiger partial charge in [-0.1, -0.05) is 13.8 Å². The van der Waals surface area contributed by atoms with Gasteiger partial charge >= 0.3 is 0 Å². The summed E-state index contributed by atoms with van der Waals surface area (Å²) >= 11 is 0. The van der Waals surface area contributed by atoms with Crippen LogP contribution in [0.15, 0.2) is 18.2 Å². The second-order valence-electron chi connectivity index (χ2n) is 5.15. The van der Waals surface area contributed by atoms with Crippen molar-refractivity contribution in [2.24, 2.45) is 7.05 Å². The standard InChI is InChI=1S/C16H19N3O/c1-10(2)13-8-12(6-7-15(13)20-5)16-18-11(3)14(9-17)19(16)4/h6-8,10H,1-5H3. The van der Waals surface area contributed by atoms with Gasteiger partial charge in [0.1, 0.15) is 23.3 Å². The number of aryl methyl sites for hydroxylation is 1. The Kier molecular flexibility index (Phi) is 3.80. The Bertz CT molecular complexity index is 678. The Morgan fingerprint density at radius 3 is 2.55 bits per heavy atom. The SMILES string of the molecule is COc1ccc(-c2nc(C)c(C#N)n2C)cc1C(C)C. The lowest BCUT2D eigenvalue weighted by atomic mass is 9.99. The fourth-order valence-electron chi connectivity index (χ4n) is 2.37. The van der Waals surface area contributed by atoms with Gasteiger partial charge in [-0.2, -0.15) is 5.26 Å². The molecule has 1 aromatic heterocycles. The summed E-state index contributed by atoms with van der Waals surface area (Å²) in [5.74, 6) is 2.06. The molecule has 0 saturated carbocycles. The molecule has 0 aliphatic carbocycles. The molecule has 2 aromatic rings. The van der Waals surface area contributed by atoms with E-state index in [9.17, 15) is 0 Å². The summed E-state index contributed by atoms with van der Waals surface area (Å²) in [6, 6.07) is 8.22. The molecule has 0 fully saturated rings. The summed E-state index contributed by atoms with van der Waals surface area (Å²) in [7, 11) is 3.55. The monoisotopic (exact) mass is 269 g/mol. The van der Waals surface area contributed by atoms with Gasteiger partial charge < -0.3 is 9.30 Å². The van der Waals surface area contributed by atoms with Crippen molar-refractivity contribution in [1.29, 1.82) is 5.26 Å². The Labute approximate surface area is 119 Å². The average Bonchev–Trinajstić information content (AvgIpc) is 2.72. The van der Waals surface area contributed by atoms with Crippen LogP contribution in [0.1, 0.15) is 36.7 Å². The third kappa shape index (κ3) is 2.27. The van der Waals surface area contributed by atoms with Gasteiger partial charge in [0.25, 0.3) is 0 Å². The fraction of sp³-hybridized carbons (Fsp3) is 0.375. The third-order valence-electron chi connectivity index (χ3n) is 3.49. The van der Waals surface area contributed by atoms with Gasteiger partial charge in [0.2, 0.25) is 0 Å². The van der Waals surface area contributed by atoms with Gasteiger partial charge in [-0.3, -0.25) is 0 Å². The van der Waals surface area contributed by atoms with E-state index in [1.54, 1.807) is 7.11 Å². The first-order chi connectivity index (χ1) is 9.49. The molecule has 4 heteroatoms. The van der Waals surface area contributed by atoms with Crippen molar-refractivity contribution in [3.63, 3.8) is 0 Å². The normalized spacial score (nSPS) is 10.7. The second-order valence-corrected chi connectivity index (χ2v) is 5.15. The zero-order valence-electron chi connectivity index (χ0n) is 12.6. The maximum absolute atomic E-state index is 9.15. The Balaban J connectivity index is 2.60. The van der Waals surface area contributed by atoms with Crippen LogP contribution in [0, 0.1) is 18.3 Å². The molecule has 0 aliphatic rings. The van der Waals surface area contributed by atoms with Crippen LogP contribution in [0.4, 0.5) is 0 Å². The number of hydrogen-bond donors (Lipinski definition) is 0. The van der Waals surface area contributed by atoms with Crippen molar-refractivity contribution in [3.05, 3.63) is 35.2 Å². The molecule has 104 valence electrons. The number of nitrogens with zero attached hydrogens (tertiary/aromatic N) is 3. The maximum atomic E-state index is 9.15. The van der Waals surface area contributed by atoms with Gasteiger partial charge in [0, 0.05) is 12.6 Å². The fourth-order valence-corrected chi connectivity index (χ4v) is 2.37. The summed E-state index contributed by atoms with van der Waals surface area (Å²) in [5.41, 5.74) is 3.50. The first kappa shape index (κ1) is 14.1. The summed E-state index contributed by atoms with van der Waals surface area (Å²) < 4.78 is 7.23. The summed E-state index contributed by atoms with van der Waals surface area (Å²) in [4.78, 5) is 4.51. The predicted molar refractivity (Wildman–Crippen MR) is 78.7 cm³/mol. The quantitative estimate of drug-likeness (QED) is 0.858. The molecule has 2 rings (SSSR count). The van der Waals surface area contributed by atoms with Crippen LogP contribution in [0.25, 0.3) is 11.4 Å². The molecule has 0 amide bonds. The Morgan fingerprint density at radius 1 is 1.35 bits per heavy atom. The summed E-state index contributed by atoms with van der Waals surface area (Å²) in [5, 5.41) is 9.15. The highest BCUT2D eigenvalue weighted by Crippen LogP contribution is 2.31. The summed E-state index contributed by atoms with van der Waals surface area (Å²) in [6.45, 7) is 6.12. The number of aromatic nitrogens is 2. The molecular formula is C16H19N3O. The number of ether oxygens (including phenoxy) is 1. The van der Waals surface area contributed by atoms with Crippen LogP contribution < -0.4 is 4.74 Å². The Morgan fingerprint density at radius 2 is 2.05 bits per heavy atom. The van der Waals surface area contributed by atoms with E-state index in [2.05, 4.69) is 31.0 Å². The molecule has 1 aromatic carbocycles. The Hall–Kier alpha value is -2.28. The van der Waals surface area contributed by atoms with Crippen molar-refractivity contribution < 1.29 is 4.74 Å². The van der Waals surface area contributed by atoms with E-state index < -0.39 is 0 Å². The average molecular weight is 269 g/mol. The maximum Gasteiger partial charge on any atom is 0.143 e. The molecule has 0 aliphatic heterocycles. The molecule has 0 atom stereocenters. The van der Waals surface area contributed by atoms with E-state index in [0.29, 0.717) is 11.6 Å². The van der Waals surface area contributed by atoms with Crippen LogP contribution in [-0.4, -0.2) is 16.7 Å². The van der Waals surface area contributed by atoms with Crippen LogP contribution in [0.5, 0.6) is 5.75 Å². The van der Waals surface area contributed by atoms with Crippen LogP contribution in [-0.2, 0) is 7.05 Å². The molecule has 0 N–H and O–H groups in total. The van der Waals surface area contributed by atoms with Crippen LogP contribution in [0.2, 0.25) is 0 Å². The third-order valence-corrected chi connectivity index (χ3v) is 3.49. The summed E-state index contributed by atoms with van der Waals surface area (Å²) in [6.07, 6.45) is 0. The largest absolute Gasteiger partial charge is 0.496 e. The van der Waals surface area contributed by atoms with Gasteiger partial charge in [0.15, 0.2) is 0 Å². The molecule has 0 radical (unpaired) electrons. The number of benzene rings is 1. The smallest absolute Gasteiger partial charge is 0.143 e. The highest BCUT2D eigenvalue weighted by Gasteiger charge is 2.15. The number of hydrogen-bond acceptors (Lipinski definition) is 3. The zero-order chi connectivity index (χ0) is 14.9. The lowest BCUT2D eigenvalue weighted by molar-refractivity contribution is 0.407. The first-order valence-corrected chi connectivity index (χ1v) is 6.61. The molecule has 0 spiro atoms. The molecule has 4 nitrogen and oxygen atoms in total. The molecule has 0 unspecified atom stereocenters. The minimum Gasteiger partial charge on any atom is -0.496 e. The molecule has 0 saturated heterocycles. The number of methoxy groups -OCH3 is 1. The van der Waals surface area contributed by atoms with E-state index in [1.807, 2.05) is 30.7 Å². The molecule has 20 heavy (non-hydrogen) atoms. The number of imidazole rings is 1. The van der Waals surface area contributed by atoms with Crippen molar-refractivity contribution >= 4 is 0 Å². The zero-order valence-corrected chi connectivity index (χ0v) is 12.6.